The van der Waals surface area contributed by atoms with Gasteiger partial charge in [0.1, 0.15) is 5.82 Å². The van der Waals surface area contributed by atoms with Crippen molar-refractivity contribution in [2.24, 2.45) is 5.92 Å². The molecule has 17 heavy (non-hydrogen) atoms. The summed E-state index contributed by atoms with van der Waals surface area (Å²) >= 11 is 0. The number of carbonyl (C=O) groups is 1. The van der Waals surface area contributed by atoms with Gasteiger partial charge in [0.05, 0.1) is 12.3 Å². The first kappa shape index (κ1) is 11.8. The van der Waals surface area contributed by atoms with Crippen LogP contribution in [0.4, 0.5) is 9.18 Å². The standard InChI is InChI=1S/C11H13FN2O3/c12-9-3-8(4-13-5-9)10(15)7-1-2-14(6-7)11(16)17/h3-5,7,10,15H,1-2,6H2,(H,16,17)/t7-,10?/m0/s1. The Morgan fingerprint density at radius 1 is 1.59 bits per heavy atom. The molecule has 1 aliphatic heterocycles. The highest BCUT2D eigenvalue weighted by molar-refractivity contribution is 5.65. The van der Waals surface area contributed by atoms with Crippen molar-refractivity contribution in [1.82, 2.24) is 9.88 Å². The Hall–Kier alpha value is -1.69. The lowest BCUT2D eigenvalue weighted by atomic mass is 9.96. The number of likely N-dealkylation sites (tertiary alicyclic amines) is 1. The number of carboxylic acid groups (broad SMARTS) is 1. The Morgan fingerprint density at radius 2 is 2.35 bits per heavy atom. The molecule has 2 N–H and O–H groups in total. The van der Waals surface area contributed by atoms with Crippen molar-refractivity contribution < 1.29 is 19.4 Å². The van der Waals surface area contributed by atoms with Crippen molar-refractivity contribution in [1.29, 1.82) is 0 Å². The summed E-state index contributed by atoms with van der Waals surface area (Å²) in [5.74, 6) is -0.704. The second kappa shape index (κ2) is 4.67. The zero-order valence-corrected chi connectivity index (χ0v) is 9.08. The monoisotopic (exact) mass is 240 g/mol. The highest BCUT2D eigenvalue weighted by Crippen LogP contribution is 2.29. The molecular weight excluding hydrogens is 227 g/mol. The van der Waals surface area contributed by atoms with E-state index in [1.165, 1.54) is 17.2 Å². The van der Waals surface area contributed by atoms with Crippen LogP contribution in [0.3, 0.4) is 0 Å². The van der Waals surface area contributed by atoms with Crippen LogP contribution in [0.25, 0.3) is 0 Å². The normalized spacial score (nSPS) is 21.5. The van der Waals surface area contributed by atoms with E-state index in [4.69, 9.17) is 5.11 Å². The minimum Gasteiger partial charge on any atom is -0.465 e. The molecule has 1 aromatic heterocycles. The Balaban J connectivity index is 2.06. The molecule has 6 heteroatoms. The lowest BCUT2D eigenvalue weighted by molar-refractivity contribution is 0.107. The summed E-state index contributed by atoms with van der Waals surface area (Å²) in [5.41, 5.74) is 0.391. The van der Waals surface area contributed by atoms with Crippen molar-refractivity contribution >= 4 is 6.09 Å². The number of pyridine rings is 1. The molecule has 0 bridgehead atoms. The summed E-state index contributed by atoms with van der Waals surface area (Å²) in [7, 11) is 0. The van der Waals surface area contributed by atoms with E-state index in [0.717, 1.165) is 6.20 Å². The lowest BCUT2D eigenvalue weighted by Crippen LogP contribution is -2.27. The molecule has 0 saturated carbocycles. The third-order valence-corrected chi connectivity index (χ3v) is 3.01. The van der Waals surface area contributed by atoms with Crippen LogP contribution in [0.15, 0.2) is 18.5 Å². The van der Waals surface area contributed by atoms with Crippen LogP contribution in [0.1, 0.15) is 18.1 Å². The van der Waals surface area contributed by atoms with E-state index in [1.807, 2.05) is 0 Å². The van der Waals surface area contributed by atoms with Crippen LogP contribution in [0, 0.1) is 11.7 Å². The van der Waals surface area contributed by atoms with E-state index in [9.17, 15) is 14.3 Å². The van der Waals surface area contributed by atoms with Crippen molar-refractivity contribution in [2.75, 3.05) is 13.1 Å². The minimum absolute atomic E-state index is 0.199. The molecule has 2 rings (SSSR count). The summed E-state index contributed by atoms with van der Waals surface area (Å²) in [6.07, 6.45) is 1.18. The first-order valence-electron chi connectivity index (χ1n) is 5.34. The molecular formula is C11H13FN2O3. The number of halogens is 1. The molecule has 1 fully saturated rings. The molecule has 1 aliphatic rings. The van der Waals surface area contributed by atoms with Crippen LogP contribution >= 0.6 is 0 Å². The fourth-order valence-electron chi connectivity index (χ4n) is 2.08. The van der Waals surface area contributed by atoms with E-state index in [0.29, 0.717) is 18.5 Å². The topological polar surface area (TPSA) is 73.7 Å². The van der Waals surface area contributed by atoms with Crippen LogP contribution < -0.4 is 0 Å². The summed E-state index contributed by atoms with van der Waals surface area (Å²) in [5, 5.41) is 18.8. The van der Waals surface area contributed by atoms with Gasteiger partial charge in [-0.25, -0.2) is 9.18 Å². The molecule has 1 aromatic rings. The van der Waals surface area contributed by atoms with Gasteiger partial charge in [-0.1, -0.05) is 0 Å². The zero-order chi connectivity index (χ0) is 12.4. The highest BCUT2D eigenvalue weighted by Gasteiger charge is 2.31. The number of amides is 1. The number of rotatable bonds is 2. The Morgan fingerprint density at radius 3 is 2.94 bits per heavy atom. The van der Waals surface area contributed by atoms with Gasteiger partial charge in [-0.2, -0.15) is 0 Å². The van der Waals surface area contributed by atoms with E-state index in [1.54, 1.807) is 0 Å². The molecule has 0 aromatic carbocycles. The first-order valence-corrected chi connectivity index (χ1v) is 5.34. The first-order chi connectivity index (χ1) is 8.08. The second-order valence-electron chi connectivity index (χ2n) is 4.16. The van der Waals surface area contributed by atoms with Crippen molar-refractivity contribution in [3.8, 4) is 0 Å². The number of aliphatic hydroxyl groups is 1. The molecule has 1 unspecified atom stereocenters. The maximum atomic E-state index is 12.9. The number of aliphatic hydroxyl groups excluding tert-OH is 1. The van der Waals surface area contributed by atoms with Gasteiger partial charge >= 0.3 is 6.09 Å². The Kier molecular flexibility index (Phi) is 3.23. The summed E-state index contributed by atoms with van der Waals surface area (Å²) < 4.78 is 12.9. The SMILES string of the molecule is O=C(O)N1CC[C@H](C(O)c2cncc(F)c2)C1. The lowest BCUT2D eigenvalue weighted by Gasteiger charge is -2.18. The average molecular weight is 240 g/mol. The van der Waals surface area contributed by atoms with Gasteiger partial charge in [0.25, 0.3) is 0 Å². The predicted octanol–water partition coefficient (Wildman–Crippen LogP) is 1.25. The molecule has 2 heterocycles. The summed E-state index contributed by atoms with van der Waals surface area (Å²) in [6.45, 7) is 0.673. The molecule has 0 radical (unpaired) electrons. The zero-order valence-electron chi connectivity index (χ0n) is 9.08. The number of hydrogen-bond acceptors (Lipinski definition) is 3. The van der Waals surface area contributed by atoms with E-state index >= 15 is 0 Å². The third-order valence-electron chi connectivity index (χ3n) is 3.01. The fourth-order valence-corrected chi connectivity index (χ4v) is 2.08. The van der Waals surface area contributed by atoms with Crippen LogP contribution in [-0.2, 0) is 0 Å². The van der Waals surface area contributed by atoms with Gasteiger partial charge in [-0.15, -0.1) is 0 Å². The fraction of sp³-hybridized carbons (Fsp3) is 0.455. The summed E-state index contributed by atoms with van der Waals surface area (Å²) in [6, 6.07) is 1.22. The van der Waals surface area contributed by atoms with Gasteiger partial charge in [0.2, 0.25) is 0 Å². The molecule has 0 spiro atoms. The second-order valence-corrected chi connectivity index (χ2v) is 4.16. The molecule has 1 saturated heterocycles. The van der Waals surface area contributed by atoms with Gasteiger partial charge < -0.3 is 15.1 Å². The Labute approximate surface area is 97.5 Å². The van der Waals surface area contributed by atoms with E-state index in [-0.39, 0.29) is 12.5 Å². The summed E-state index contributed by atoms with van der Waals surface area (Å²) in [4.78, 5) is 15.6. The molecule has 92 valence electrons. The van der Waals surface area contributed by atoms with Gasteiger partial charge in [0.15, 0.2) is 0 Å². The minimum atomic E-state index is -0.989. The number of aromatic nitrogens is 1. The van der Waals surface area contributed by atoms with E-state index < -0.39 is 18.0 Å². The molecule has 1 amide bonds. The highest BCUT2D eigenvalue weighted by atomic mass is 19.1. The number of nitrogens with zero attached hydrogens (tertiary/aromatic N) is 2. The van der Waals surface area contributed by atoms with Crippen LogP contribution in [0.5, 0.6) is 0 Å². The average Bonchev–Trinajstić information content (AvgIpc) is 2.77. The van der Waals surface area contributed by atoms with Gasteiger partial charge in [-0.05, 0) is 12.5 Å². The Bertz CT molecular complexity index is 427. The van der Waals surface area contributed by atoms with Crippen LogP contribution in [0.2, 0.25) is 0 Å². The number of hydrogen-bond donors (Lipinski definition) is 2. The molecule has 0 aliphatic carbocycles. The van der Waals surface area contributed by atoms with Crippen molar-refractivity contribution in [3.63, 3.8) is 0 Å². The quantitative estimate of drug-likeness (QED) is 0.816. The van der Waals surface area contributed by atoms with E-state index in [2.05, 4.69) is 4.98 Å². The third kappa shape index (κ3) is 2.52. The van der Waals surface area contributed by atoms with Gasteiger partial charge in [0, 0.05) is 30.8 Å². The smallest absolute Gasteiger partial charge is 0.407 e. The largest absolute Gasteiger partial charge is 0.465 e. The predicted molar refractivity (Wildman–Crippen MR) is 56.9 cm³/mol. The molecule has 5 nitrogen and oxygen atoms in total. The van der Waals surface area contributed by atoms with Crippen molar-refractivity contribution in [2.45, 2.75) is 12.5 Å². The van der Waals surface area contributed by atoms with Crippen molar-refractivity contribution in [3.05, 3.63) is 29.8 Å². The maximum absolute atomic E-state index is 12.9. The maximum Gasteiger partial charge on any atom is 0.407 e. The van der Waals surface area contributed by atoms with Crippen LogP contribution in [-0.4, -0.2) is 39.3 Å². The van der Waals surface area contributed by atoms with Gasteiger partial charge in [-0.3, -0.25) is 4.98 Å². The molecule has 2 atom stereocenters.